The van der Waals surface area contributed by atoms with Crippen molar-refractivity contribution in [1.82, 2.24) is 9.97 Å². The average molecular weight is 226 g/mol. The van der Waals surface area contributed by atoms with Crippen molar-refractivity contribution in [2.24, 2.45) is 0 Å². The quantitative estimate of drug-likeness (QED) is 0.797. The zero-order valence-corrected chi connectivity index (χ0v) is 8.38. The molecule has 0 amide bonds. The molecule has 0 saturated heterocycles. The second kappa shape index (κ2) is 3.88. The van der Waals surface area contributed by atoms with Crippen LogP contribution in [-0.2, 0) is 4.74 Å². The van der Waals surface area contributed by atoms with Gasteiger partial charge in [0.2, 0.25) is 5.82 Å². The highest BCUT2D eigenvalue weighted by Crippen LogP contribution is 2.17. The number of esters is 1. The van der Waals surface area contributed by atoms with Crippen LogP contribution in [0.25, 0.3) is 11.0 Å². The summed E-state index contributed by atoms with van der Waals surface area (Å²) in [5.41, 5.74) is 0.0463. The lowest BCUT2D eigenvalue weighted by molar-refractivity contribution is 0.0514. The van der Waals surface area contributed by atoms with Gasteiger partial charge in [-0.1, -0.05) is 0 Å². The summed E-state index contributed by atoms with van der Waals surface area (Å²) in [4.78, 5) is 17.5. The lowest BCUT2D eigenvalue weighted by Gasteiger charge is -1.95. The number of halogens is 2. The topological polar surface area (TPSA) is 55.0 Å². The molecule has 0 saturated carbocycles. The molecular formula is C10H8F2N2O2. The molecule has 1 aromatic carbocycles. The summed E-state index contributed by atoms with van der Waals surface area (Å²) in [6.07, 6.45) is 0. The molecule has 0 fully saturated rings. The van der Waals surface area contributed by atoms with Gasteiger partial charge in [-0.05, 0) is 13.0 Å². The number of rotatable bonds is 2. The molecule has 16 heavy (non-hydrogen) atoms. The van der Waals surface area contributed by atoms with Crippen molar-refractivity contribution in [2.45, 2.75) is 6.92 Å². The van der Waals surface area contributed by atoms with Gasteiger partial charge in [0.1, 0.15) is 11.3 Å². The Bertz CT molecular complexity index is 551. The number of hydrogen-bond acceptors (Lipinski definition) is 3. The zero-order chi connectivity index (χ0) is 11.7. The fraction of sp³-hybridized carbons (Fsp3) is 0.200. The van der Waals surface area contributed by atoms with Crippen molar-refractivity contribution in [3.05, 3.63) is 29.6 Å². The van der Waals surface area contributed by atoms with Crippen LogP contribution in [0.15, 0.2) is 12.1 Å². The summed E-state index contributed by atoms with van der Waals surface area (Å²) in [6, 6.07) is 1.77. The summed E-state index contributed by atoms with van der Waals surface area (Å²) >= 11 is 0. The standard InChI is InChI=1S/C10H8F2N2O2/c1-2-16-10(15)9-13-7-4-5(11)3-6(12)8(7)14-9/h3-4H,2H2,1H3,(H,13,14). The van der Waals surface area contributed by atoms with E-state index in [0.29, 0.717) is 6.07 Å². The molecule has 1 N–H and O–H groups in total. The van der Waals surface area contributed by atoms with Crippen LogP contribution < -0.4 is 0 Å². The monoisotopic (exact) mass is 226 g/mol. The highest BCUT2D eigenvalue weighted by Gasteiger charge is 2.15. The van der Waals surface area contributed by atoms with Crippen LogP contribution in [-0.4, -0.2) is 22.5 Å². The van der Waals surface area contributed by atoms with Crippen molar-refractivity contribution in [3.63, 3.8) is 0 Å². The predicted octanol–water partition coefficient (Wildman–Crippen LogP) is 2.02. The minimum atomic E-state index is -0.818. The first-order valence-electron chi connectivity index (χ1n) is 4.63. The van der Waals surface area contributed by atoms with E-state index in [-0.39, 0.29) is 23.5 Å². The molecule has 1 aromatic heterocycles. The molecule has 0 aliphatic rings. The number of aromatic nitrogens is 2. The van der Waals surface area contributed by atoms with Gasteiger partial charge < -0.3 is 9.72 Å². The second-order valence-corrected chi connectivity index (χ2v) is 3.09. The van der Waals surface area contributed by atoms with E-state index in [4.69, 9.17) is 0 Å². The highest BCUT2D eigenvalue weighted by molar-refractivity contribution is 5.90. The van der Waals surface area contributed by atoms with Crippen LogP contribution in [0.5, 0.6) is 0 Å². The number of H-pyrrole nitrogens is 1. The minimum absolute atomic E-state index is 0.0792. The Morgan fingerprint density at radius 2 is 2.25 bits per heavy atom. The Balaban J connectivity index is 2.51. The van der Waals surface area contributed by atoms with Crippen LogP contribution >= 0.6 is 0 Å². The van der Waals surface area contributed by atoms with Gasteiger partial charge in [0.15, 0.2) is 5.82 Å². The number of benzene rings is 1. The molecule has 4 nitrogen and oxygen atoms in total. The third-order valence-corrected chi connectivity index (χ3v) is 1.97. The van der Waals surface area contributed by atoms with Gasteiger partial charge in [-0.25, -0.2) is 18.6 Å². The van der Waals surface area contributed by atoms with Crippen molar-refractivity contribution >= 4 is 17.0 Å². The molecule has 0 radical (unpaired) electrons. The number of carbonyl (C=O) groups excluding carboxylic acids is 1. The van der Waals surface area contributed by atoms with Gasteiger partial charge in [0.05, 0.1) is 12.1 Å². The first kappa shape index (κ1) is 10.5. The SMILES string of the molecule is CCOC(=O)c1nc2c(F)cc(F)cc2[nH]1. The first-order chi connectivity index (χ1) is 7.61. The largest absolute Gasteiger partial charge is 0.460 e. The Morgan fingerprint density at radius 3 is 2.94 bits per heavy atom. The first-order valence-corrected chi connectivity index (χ1v) is 4.63. The van der Waals surface area contributed by atoms with Crippen molar-refractivity contribution in [2.75, 3.05) is 6.61 Å². The lowest BCUT2D eigenvalue weighted by Crippen LogP contribution is -2.06. The lowest BCUT2D eigenvalue weighted by atomic mass is 10.3. The molecular weight excluding hydrogens is 218 g/mol. The number of imidazole rings is 1. The Labute approximate surface area is 89.2 Å². The van der Waals surface area contributed by atoms with E-state index in [2.05, 4.69) is 14.7 Å². The molecule has 0 unspecified atom stereocenters. The zero-order valence-electron chi connectivity index (χ0n) is 8.38. The highest BCUT2D eigenvalue weighted by atomic mass is 19.1. The molecule has 2 aromatic rings. The smallest absolute Gasteiger partial charge is 0.374 e. The van der Waals surface area contributed by atoms with E-state index >= 15 is 0 Å². The summed E-state index contributed by atoms with van der Waals surface area (Å²) in [5, 5.41) is 0. The average Bonchev–Trinajstić information content (AvgIpc) is 2.62. The molecule has 84 valence electrons. The van der Waals surface area contributed by atoms with Gasteiger partial charge in [-0.2, -0.15) is 0 Å². The maximum Gasteiger partial charge on any atom is 0.374 e. The number of fused-ring (bicyclic) bond motifs is 1. The number of carbonyl (C=O) groups is 1. The fourth-order valence-electron chi connectivity index (χ4n) is 1.34. The number of nitrogens with one attached hydrogen (secondary N) is 1. The third-order valence-electron chi connectivity index (χ3n) is 1.97. The predicted molar refractivity (Wildman–Crippen MR) is 52.0 cm³/mol. The van der Waals surface area contributed by atoms with E-state index in [0.717, 1.165) is 6.07 Å². The normalized spacial score (nSPS) is 10.7. The molecule has 0 bridgehead atoms. The van der Waals surface area contributed by atoms with Crippen LogP contribution in [0.2, 0.25) is 0 Å². The van der Waals surface area contributed by atoms with Crippen molar-refractivity contribution < 1.29 is 18.3 Å². The molecule has 0 aliphatic heterocycles. The van der Waals surface area contributed by atoms with Gasteiger partial charge >= 0.3 is 5.97 Å². The van der Waals surface area contributed by atoms with E-state index < -0.39 is 17.6 Å². The summed E-state index contributed by atoms with van der Waals surface area (Å²) in [5.74, 6) is -2.38. The van der Waals surface area contributed by atoms with Gasteiger partial charge in [-0.3, -0.25) is 0 Å². The third kappa shape index (κ3) is 1.73. The van der Waals surface area contributed by atoms with Gasteiger partial charge in [0, 0.05) is 6.07 Å². The van der Waals surface area contributed by atoms with Crippen LogP contribution in [0.3, 0.4) is 0 Å². The maximum absolute atomic E-state index is 13.2. The van der Waals surface area contributed by atoms with Gasteiger partial charge in [0.25, 0.3) is 0 Å². The van der Waals surface area contributed by atoms with E-state index in [1.165, 1.54) is 0 Å². The van der Waals surface area contributed by atoms with Crippen molar-refractivity contribution in [3.8, 4) is 0 Å². The number of aromatic amines is 1. The van der Waals surface area contributed by atoms with Crippen LogP contribution in [0.1, 0.15) is 17.5 Å². The fourth-order valence-corrected chi connectivity index (χ4v) is 1.34. The summed E-state index contributed by atoms with van der Waals surface area (Å²) in [6.45, 7) is 1.83. The van der Waals surface area contributed by atoms with E-state index in [9.17, 15) is 13.6 Å². The number of nitrogens with zero attached hydrogens (tertiary/aromatic N) is 1. The minimum Gasteiger partial charge on any atom is -0.460 e. The summed E-state index contributed by atoms with van der Waals surface area (Å²) < 4.78 is 30.8. The molecule has 0 aliphatic carbocycles. The Morgan fingerprint density at radius 1 is 1.50 bits per heavy atom. The van der Waals surface area contributed by atoms with E-state index in [1.54, 1.807) is 6.92 Å². The van der Waals surface area contributed by atoms with Crippen molar-refractivity contribution in [1.29, 1.82) is 0 Å². The second-order valence-electron chi connectivity index (χ2n) is 3.09. The molecule has 6 heteroatoms. The number of ether oxygens (including phenoxy) is 1. The molecule has 1 heterocycles. The van der Waals surface area contributed by atoms with Crippen LogP contribution in [0, 0.1) is 11.6 Å². The molecule has 0 atom stereocenters. The number of hydrogen-bond donors (Lipinski definition) is 1. The molecule has 2 rings (SSSR count). The van der Waals surface area contributed by atoms with E-state index in [1.807, 2.05) is 0 Å². The van der Waals surface area contributed by atoms with Crippen LogP contribution in [0.4, 0.5) is 8.78 Å². The Kier molecular flexibility index (Phi) is 2.55. The Hall–Kier alpha value is -1.98. The maximum atomic E-state index is 13.2. The van der Waals surface area contributed by atoms with Gasteiger partial charge in [-0.15, -0.1) is 0 Å². The molecule has 0 spiro atoms. The summed E-state index contributed by atoms with van der Waals surface area (Å²) in [7, 11) is 0.